The van der Waals surface area contributed by atoms with Gasteiger partial charge in [-0.1, -0.05) is 36.4 Å². The summed E-state index contributed by atoms with van der Waals surface area (Å²) in [6.07, 6.45) is 0. The summed E-state index contributed by atoms with van der Waals surface area (Å²) in [6.45, 7) is -0.718. The predicted molar refractivity (Wildman–Crippen MR) is 108 cm³/mol. The Bertz CT molecular complexity index is 1120. The molecule has 0 aliphatic carbocycles. The van der Waals surface area contributed by atoms with E-state index in [0.717, 1.165) is 10.8 Å². The Balaban J connectivity index is 1.25. The number of carbonyl (C=O) groups excluding carboxylic acids is 3. The molecule has 0 atom stereocenters. The molecule has 8 heteroatoms. The molecule has 2 amide bonds. The number of fused-ring (bicyclic) bond motifs is 2. The van der Waals surface area contributed by atoms with Crippen LogP contribution in [0.2, 0.25) is 0 Å². The second kappa shape index (κ2) is 8.52. The first-order valence-electron chi connectivity index (χ1n) is 9.21. The number of rotatable bonds is 6. The fourth-order valence-electron chi connectivity index (χ4n) is 3.01. The maximum atomic E-state index is 12.2. The van der Waals surface area contributed by atoms with Gasteiger partial charge in [0.25, 0.3) is 11.8 Å². The van der Waals surface area contributed by atoms with Gasteiger partial charge >= 0.3 is 5.97 Å². The van der Waals surface area contributed by atoms with E-state index in [1.165, 1.54) is 6.07 Å². The number of hydrogen-bond acceptors (Lipinski definition) is 6. The lowest BCUT2D eigenvalue weighted by Crippen LogP contribution is -2.32. The highest BCUT2D eigenvalue weighted by Gasteiger charge is 2.17. The highest BCUT2D eigenvalue weighted by molar-refractivity contribution is 6.03. The SMILES string of the molecule is O=C(COC(=O)CNC(=O)c1ccc2c(c1)OCO2)Nc1cccc2ccccc12. The molecule has 3 aromatic carbocycles. The predicted octanol–water partition coefficient (Wildman–Crippen LogP) is 2.48. The molecular weight excluding hydrogens is 388 g/mol. The van der Waals surface area contributed by atoms with Gasteiger partial charge < -0.3 is 24.8 Å². The third-order valence-electron chi connectivity index (χ3n) is 4.46. The Morgan fingerprint density at radius 2 is 1.73 bits per heavy atom. The van der Waals surface area contributed by atoms with Crippen LogP contribution in [0.25, 0.3) is 10.8 Å². The minimum absolute atomic E-state index is 0.105. The highest BCUT2D eigenvalue weighted by Crippen LogP contribution is 2.32. The normalized spacial score (nSPS) is 11.7. The minimum Gasteiger partial charge on any atom is -0.454 e. The maximum Gasteiger partial charge on any atom is 0.325 e. The van der Waals surface area contributed by atoms with E-state index >= 15 is 0 Å². The van der Waals surface area contributed by atoms with Crippen LogP contribution < -0.4 is 20.1 Å². The van der Waals surface area contributed by atoms with E-state index in [2.05, 4.69) is 10.6 Å². The van der Waals surface area contributed by atoms with Crippen molar-refractivity contribution in [3.8, 4) is 11.5 Å². The molecular formula is C22H18N2O6. The van der Waals surface area contributed by atoms with Crippen LogP contribution in [0.1, 0.15) is 10.4 Å². The van der Waals surface area contributed by atoms with Gasteiger partial charge in [0.2, 0.25) is 6.79 Å². The maximum absolute atomic E-state index is 12.2. The monoisotopic (exact) mass is 406 g/mol. The fraction of sp³-hybridized carbons (Fsp3) is 0.136. The van der Waals surface area contributed by atoms with Crippen LogP contribution in [-0.2, 0) is 14.3 Å². The number of nitrogens with one attached hydrogen (secondary N) is 2. The zero-order chi connectivity index (χ0) is 20.9. The summed E-state index contributed by atoms with van der Waals surface area (Å²) >= 11 is 0. The van der Waals surface area contributed by atoms with Crippen LogP contribution in [0.5, 0.6) is 11.5 Å². The Morgan fingerprint density at radius 3 is 2.63 bits per heavy atom. The Morgan fingerprint density at radius 1 is 0.933 bits per heavy atom. The van der Waals surface area contributed by atoms with Gasteiger partial charge in [0.1, 0.15) is 6.54 Å². The lowest BCUT2D eigenvalue weighted by atomic mass is 10.1. The van der Waals surface area contributed by atoms with Crippen molar-refractivity contribution >= 4 is 34.2 Å². The summed E-state index contributed by atoms with van der Waals surface area (Å²) in [5, 5.41) is 7.04. The zero-order valence-electron chi connectivity index (χ0n) is 15.8. The number of hydrogen-bond donors (Lipinski definition) is 2. The van der Waals surface area contributed by atoms with Gasteiger partial charge in [-0.2, -0.15) is 0 Å². The molecule has 0 spiro atoms. The van der Waals surface area contributed by atoms with Crippen LogP contribution in [0, 0.1) is 0 Å². The van der Waals surface area contributed by atoms with E-state index < -0.39 is 24.4 Å². The molecule has 0 fully saturated rings. The van der Waals surface area contributed by atoms with Gasteiger partial charge in [0.05, 0.1) is 0 Å². The van der Waals surface area contributed by atoms with E-state index in [4.69, 9.17) is 14.2 Å². The van der Waals surface area contributed by atoms with Crippen molar-refractivity contribution in [1.82, 2.24) is 5.32 Å². The standard InChI is InChI=1S/C22H18N2O6/c25-20(24-17-7-3-5-14-4-1-2-6-16(14)17)12-28-21(26)11-23-22(27)15-8-9-18-19(10-15)30-13-29-18/h1-10H,11-13H2,(H,23,27)(H,24,25). The van der Waals surface area contributed by atoms with Crippen molar-refractivity contribution in [2.45, 2.75) is 0 Å². The average Bonchev–Trinajstić information content (AvgIpc) is 3.24. The van der Waals surface area contributed by atoms with Crippen molar-refractivity contribution < 1.29 is 28.6 Å². The molecule has 1 heterocycles. The first kappa shape index (κ1) is 19.3. The number of anilines is 1. The van der Waals surface area contributed by atoms with Gasteiger partial charge in [-0.05, 0) is 29.7 Å². The van der Waals surface area contributed by atoms with Crippen molar-refractivity contribution in [1.29, 1.82) is 0 Å². The summed E-state index contributed by atoms with van der Waals surface area (Å²) < 4.78 is 15.3. The van der Waals surface area contributed by atoms with Crippen LogP contribution in [0.15, 0.2) is 60.7 Å². The summed E-state index contributed by atoms with van der Waals surface area (Å²) in [6, 6.07) is 17.9. The largest absolute Gasteiger partial charge is 0.454 e. The molecule has 0 bridgehead atoms. The molecule has 0 aromatic heterocycles. The molecule has 0 radical (unpaired) electrons. The van der Waals surface area contributed by atoms with Gasteiger partial charge in [-0.3, -0.25) is 14.4 Å². The van der Waals surface area contributed by atoms with Gasteiger partial charge in [-0.15, -0.1) is 0 Å². The van der Waals surface area contributed by atoms with Gasteiger partial charge in [0, 0.05) is 16.6 Å². The Hall–Kier alpha value is -4.07. The van der Waals surface area contributed by atoms with E-state index in [1.807, 2.05) is 36.4 Å². The topological polar surface area (TPSA) is 103 Å². The first-order valence-corrected chi connectivity index (χ1v) is 9.21. The lowest BCUT2D eigenvalue weighted by Gasteiger charge is -2.10. The van der Waals surface area contributed by atoms with Crippen LogP contribution in [0.4, 0.5) is 5.69 Å². The third-order valence-corrected chi connectivity index (χ3v) is 4.46. The summed E-state index contributed by atoms with van der Waals surface area (Å²) in [5.41, 5.74) is 0.950. The molecule has 30 heavy (non-hydrogen) atoms. The van der Waals surface area contributed by atoms with E-state index in [0.29, 0.717) is 22.7 Å². The molecule has 0 saturated carbocycles. The van der Waals surface area contributed by atoms with Gasteiger partial charge in [0.15, 0.2) is 18.1 Å². The molecule has 3 aromatic rings. The van der Waals surface area contributed by atoms with Crippen molar-refractivity contribution in [3.63, 3.8) is 0 Å². The molecule has 0 unspecified atom stereocenters. The molecule has 0 saturated heterocycles. The third kappa shape index (κ3) is 4.33. The van der Waals surface area contributed by atoms with Gasteiger partial charge in [-0.25, -0.2) is 0 Å². The molecule has 4 rings (SSSR count). The highest BCUT2D eigenvalue weighted by atomic mass is 16.7. The Labute approximate surface area is 171 Å². The number of esters is 1. The number of benzene rings is 3. The van der Waals surface area contributed by atoms with E-state index in [-0.39, 0.29) is 13.3 Å². The smallest absolute Gasteiger partial charge is 0.325 e. The van der Waals surface area contributed by atoms with E-state index in [9.17, 15) is 14.4 Å². The summed E-state index contributed by atoms with van der Waals surface area (Å²) in [7, 11) is 0. The molecule has 152 valence electrons. The molecule has 2 N–H and O–H groups in total. The average molecular weight is 406 g/mol. The van der Waals surface area contributed by atoms with Crippen LogP contribution in [0.3, 0.4) is 0 Å². The Kier molecular flexibility index (Phi) is 5.47. The lowest BCUT2D eigenvalue weighted by molar-refractivity contribution is -0.146. The number of carbonyl (C=O) groups is 3. The summed E-state index contributed by atoms with van der Waals surface area (Å²) in [5.74, 6) is -0.636. The first-order chi connectivity index (χ1) is 14.6. The molecule has 8 nitrogen and oxygen atoms in total. The summed E-state index contributed by atoms with van der Waals surface area (Å²) in [4.78, 5) is 36.2. The molecule has 1 aliphatic heterocycles. The van der Waals surface area contributed by atoms with Crippen molar-refractivity contribution in [2.75, 3.05) is 25.3 Å². The second-order valence-corrected chi connectivity index (χ2v) is 6.49. The minimum atomic E-state index is -0.725. The van der Waals surface area contributed by atoms with Crippen LogP contribution >= 0.6 is 0 Å². The van der Waals surface area contributed by atoms with Crippen molar-refractivity contribution in [3.05, 3.63) is 66.2 Å². The fourth-order valence-corrected chi connectivity index (χ4v) is 3.01. The van der Waals surface area contributed by atoms with Crippen molar-refractivity contribution in [2.24, 2.45) is 0 Å². The quantitative estimate of drug-likeness (QED) is 0.610. The number of ether oxygens (including phenoxy) is 3. The van der Waals surface area contributed by atoms with E-state index in [1.54, 1.807) is 18.2 Å². The number of amides is 2. The second-order valence-electron chi connectivity index (χ2n) is 6.49. The zero-order valence-corrected chi connectivity index (χ0v) is 15.8. The van der Waals surface area contributed by atoms with Crippen LogP contribution in [-0.4, -0.2) is 37.7 Å². The molecule has 1 aliphatic rings.